The third-order valence-electron chi connectivity index (χ3n) is 5.48. The number of nitrogens with one attached hydrogen (secondary N) is 4. The summed E-state index contributed by atoms with van der Waals surface area (Å²) < 4.78 is 0. The maximum atomic E-state index is 11.5. The topological polar surface area (TPSA) is 125 Å². The first-order chi connectivity index (χ1) is 15.7. The Kier molecular flexibility index (Phi) is 5.17. The number of carbonyl (C=O) groups is 1. The number of hydrogen-bond acceptors (Lipinski definition) is 5. The van der Waals surface area contributed by atoms with Crippen molar-refractivity contribution in [3.63, 3.8) is 0 Å². The number of benzene rings is 2. The molecule has 3 heterocycles. The van der Waals surface area contributed by atoms with Crippen LogP contribution in [0.3, 0.4) is 0 Å². The Hall–Kier alpha value is -4.33. The van der Waals surface area contributed by atoms with Gasteiger partial charge in [-0.05, 0) is 65.4 Å². The zero-order valence-corrected chi connectivity index (χ0v) is 17.4. The lowest BCUT2D eigenvalue weighted by molar-refractivity contribution is 0.100. The molecule has 0 atom stereocenters. The third kappa shape index (κ3) is 4.11. The number of fused-ring (bicyclic) bond motifs is 2. The summed E-state index contributed by atoms with van der Waals surface area (Å²) in [6.07, 6.45) is 6.38. The van der Waals surface area contributed by atoms with Crippen LogP contribution in [0.1, 0.15) is 21.5 Å². The van der Waals surface area contributed by atoms with Gasteiger partial charge in [0, 0.05) is 53.7 Å². The summed E-state index contributed by atoms with van der Waals surface area (Å²) in [6.45, 7) is 1.33. The van der Waals surface area contributed by atoms with Crippen molar-refractivity contribution in [3.05, 3.63) is 83.8 Å². The van der Waals surface area contributed by atoms with E-state index in [-0.39, 0.29) is 0 Å². The number of nitrogens with two attached hydrogens (primary N) is 1. The fourth-order valence-corrected chi connectivity index (χ4v) is 3.80. The molecule has 5 rings (SSSR count). The molecule has 0 bridgehead atoms. The average Bonchev–Trinajstić information content (AvgIpc) is 3.44. The van der Waals surface area contributed by atoms with Crippen molar-refractivity contribution < 1.29 is 4.79 Å². The van der Waals surface area contributed by atoms with E-state index in [1.165, 1.54) is 10.9 Å². The molecule has 6 N–H and O–H groups in total. The van der Waals surface area contributed by atoms with Gasteiger partial charge in [-0.1, -0.05) is 6.07 Å². The maximum Gasteiger partial charge on any atom is 0.248 e. The highest BCUT2D eigenvalue weighted by atomic mass is 16.1. The van der Waals surface area contributed by atoms with Gasteiger partial charge in [-0.25, -0.2) is 4.98 Å². The lowest BCUT2D eigenvalue weighted by Crippen LogP contribution is -2.11. The molecule has 5 aromatic rings. The number of hydrogen-bond donors (Lipinski definition) is 5. The molecule has 8 nitrogen and oxygen atoms in total. The van der Waals surface area contributed by atoms with Gasteiger partial charge in [-0.15, -0.1) is 0 Å². The summed E-state index contributed by atoms with van der Waals surface area (Å²) in [5.41, 5.74) is 10.3. The molecular formula is C24H23N7O. The van der Waals surface area contributed by atoms with Gasteiger partial charge in [-0.3, -0.25) is 4.79 Å². The molecule has 0 spiro atoms. The van der Waals surface area contributed by atoms with Crippen LogP contribution in [-0.2, 0) is 13.0 Å². The molecule has 160 valence electrons. The van der Waals surface area contributed by atoms with Crippen molar-refractivity contribution >= 4 is 39.5 Å². The summed E-state index contributed by atoms with van der Waals surface area (Å²) in [5.74, 6) is 0.895. The lowest BCUT2D eigenvalue weighted by atomic mass is 10.1. The van der Waals surface area contributed by atoms with Crippen molar-refractivity contribution in [2.75, 3.05) is 17.2 Å². The Morgan fingerprint density at radius 2 is 1.91 bits per heavy atom. The van der Waals surface area contributed by atoms with Gasteiger partial charge < -0.3 is 26.3 Å². The minimum atomic E-state index is -0.428. The van der Waals surface area contributed by atoms with Crippen molar-refractivity contribution in [1.82, 2.24) is 19.9 Å². The fourth-order valence-electron chi connectivity index (χ4n) is 3.80. The largest absolute Gasteiger partial charge is 0.366 e. The summed E-state index contributed by atoms with van der Waals surface area (Å²) in [7, 11) is 0. The van der Waals surface area contributed by atoms with E-state index < -0.39 is 5.91 Å². The first kappa shape index (κ1) is 19.6. The quantitative estimate of drug-likeness (QED) is 0.259. The molecule has 32 heavy (non-hydrogen) atoms. The minimum Gasteiger partial charge on any atom is -0.366 e. The molecule has 0 unspecified atom stereocenters. The van der Waals surface area contributed by atoms with Crippen molar-refractivity contribution in [1.29, 1.82) is 0 Å². The second-order valence-electron chi connectivity index (χ2n) is 7.63. The van der Waals surface area contributed by atoms with Gasteiger partial charge in [0.1, 0.15) is 5.82 Å². The molecule has 0 aliphatic carbocycles. The first-order valence-electron chi connectivity index (χ1n) is 10.4. The van der Waals surface area contributed by atoms with Crippen LogP contribution in [0.5, 0.6) is 0 Å². The van der Waals surface area contributed by atoms with Crippen molar-refractivity contribution in [3.8, 4) is 0 Å². The number of anilines is 2. The van der Waals surface area contributed by atoms with Crippen LogP contribution in [0.2, 0.25) is 0 Å². The van der Waals surface area contributed by atoms with E-state index in [0.717, 1.165) is 34.2 Å². The molecule has 8 heteroatoms. The normalized spacial score (nSPS) is 11.1. The second kappa shape index (κ2) is 8.43. The predicted octanol–water partition coefficient (Wildman–Crippen LogP) is 3.80. The monoisotopic (exact) mass is 425 g/mol. The molecule has 0 fully saturated rings. The molecule has 0 saturated heterocycles. The predicted molar refractivity (Wildman–Crippen MR) is 127 cm³/mol. The Morgan fingerprint density at radius 3 is 2.81 bits per heavy atom. The van der Waals surface area contributed by atoms with E-state index in [2.05, 4.69) is 54.8 Å². The smallest absolute Gasteiger partial charge is 0.248 e. The van der Waals surface area contributed by atoms with Crippen LogP contribution >= 0.6 is 0 Å². The van der Waals surface area contributed by atoms with Gasteiger partial charge in [-0.2, -0.15) is 4.98 Å². The van der Waals surface area contributed by atoms with Crippen LogP contribution in [0.15, 0.2) is 67.1 Å². The van der Waals surface area contributed by atoms with Gasteiger partial charge in [0.05, 0.1) is 0 Å². The number of amides is 1. The van der Waals surface area contributed by atoms with Crippen molar-refractivity contribution in [2.45, 2.75) is 13.0 Å². The zero-order valence-electron chi connectivity index (χ0n) is 17.4. The fraction of sp³-hybridized carbons (Fsp3) is 0.125. The molecule has 3 aromatic heterocycles. The summed E-state index contributed by atoms with van der Waals surface area (Å²) in [4.78, 5) is 26.8. The summed E-state index contributed by atoms with van der Waals surface area (Å²) in [6, 6.07) is 15.7. The molecule has 2 aromatic carbocycles. The van der Waals surface area contributed by atoms with Crippen LogP contribution in [-0.4, -0.2) is 32.4 Å². The number of aromatic nitrogens is 4. The molecule has 0 saturated carbocycles. The van der Waals surface area contributed by atoms with Gasteiger partial charge >= 0.3 is 0 Å². The van der Waals surface area contributed by atoms with E-state index in [9.17, 15) is 4.79 Å². The molecular weight excluding hydrogens is 402 g/mol. The lowest BCUT2D eigenvalue weighted by Gasteiger charge is -2.09. The Balaban J connectivity index is 1.20. The Bertz CT molecular complexity index is 1400. The highest BCUT2D eigenvalue weighted by Crippen LogP contribution is 2.20. The molecule has 0 radical (unpaired) electrons. The standard InChI is InChI=1S/C24H23N7O/c25-23(32)17-2-4-21-19(12-17)18(14-29-21)6-9-27-24-28-10-7-22(31-24)30-13-15-1-3-20-16(11-15)5-8-26-20/h1-5,7-8,10-12,14,26,29H,6,9,13H2,(H2,25,32)(H2,27,28,30,31). The Labute approximate surface area is 184 Å². The number of H-pyrrole nitrogens is 2. The number of rotatable bonds is 8. The molecule has 1 amide bonds. The van der Waals surface area contributed by atoms with Gasteiger partial charge in [0.2, 0.25) is 11.9 Å². The van der Waals surface area contributed by atoms with E-state index in [0.29, 0.717) is 24.6 Å². The van der Waals surface area contributed by atoms with E-state index in [1.54, 1.807) is 12.3 Å². The molecule has 0 aliphatic heterocycles. The molecule has 0 aliphatic rings. The van der Waals surface area contributed by atoms with E-state index in [1.807, 2.05) is 30.6 Å². The van der Waals surface area contributed by atoms with Gasteiger partial charge in [0.25, 0.3) is 0 Å². The second-order valence-corrected chi connectivity index (χ2v) is 7.63. The van der Waals surface area contributed by atoms with Crippen LogP contribution in [0.25, 0.3) is 21.8 Å². The van der Waals surface area contributed by atoms with Crippen LogP contribution in [0.4, 0.5) is 11.8 Å². The van der Waals surface area contributed by atoms with E-state index >= 15 is 0 Å². The highest BCUT2D eigenvalue weighted by molar-refractivity contribution is 5.97. The SMILES string of the molecule is NC(=O)c1ccc2[nH]cc(CCNc3nccc(NCc4ccc5[nH]ccc5c4)n3)c2c1. The average molecular weight is 425 g/mol. The van der Waals surface area contributed by atoms with Crippen molar-refractivity contribution in [2.24, 2.45) is 5.73 Å². The number of primary amides is 1. The number of aromatic amines is 2. The summed E-state index contributed by atoms with van der Waals surface area (Å²) >= 11 is 0. The summed E-state index contributed by atoms with van der Waals surface area (Å²) in [5, 5.41) is 8.81. The Morgan fingerprint density at radius 1 is 1.00 bits per heavy atom. The zero-order chi connectivity index (χ0) is 21.9. The van der Waals surface area contributed by atoms with Crippen LogP contribution < -0.4 is 16.4 Å². The number of carbonyl (C=O) groups excluding carboxylic acids is 1. The van der Waals surface area contributed by atoms with E-state index in [4.69, 9.17) is 5.73 Å². The van der Waals surface area contributed by atoms with Crippen LogP contribution in [0, 0.1) is 0 Å². The number of nitrogens with zero attached hydrogens (tertiary/aromatic N) is 2. The third-order valence-corrected chi connectivity index (χ3v) is 5.48. The highest BCUT2D eigenvalue weighted by Gasteiger charge is 2.08. The van der Waals surface area contributed by atoms with Gasteiger partial charge in [0.15, 0.2) is 0 Å². The minimum absolute atomic E-state index is 0.428. The first-order valence-corrected chi connectivity index (χ1v) is 10.4. The maximum absolute atomic E-state index is 11.5.